The minimum Gasteiger partial charge on any atom is -0.494 e. The van der Waals surface area contributed by atoms with Gasteiger partial charge in [-0.2, -0.15) is 0 Å². The SMILES string of the molecule is Cc1ccc(O)n1C. The fourth-order valence-electron chi connectivity index (χ4n) is 0.599. The lowest BCUT2D eigenvalue weighted by atomic mass is 10.5. The van der Waals surface area contributed by atoms with Crippen molar-refractivity contribution in [2.75, 3.05) is 0 Å². The van der Waals surface area contributed by atoms with Crippen molar-refractivity contribution in [3.8, 4) is 5.88 Å². The fraction of sp³-hybridized carbons (Fsp3) is 0.333. The molecule has 0 bridgehead atoms. The predicted molar refractivity (Wildman–Crippen MR) is 31.8 cm³/mol. The number of hydrogen-bond acceptors (Lipinski definition) is 1. The fourth-order valence-corrected chi connectivity index (χ4v) is 0.599. The third kappa shape index (κ3) is 0.579. The maximum absolute atomic E-state index is 8.90. The first-order chi connectivity index (χ1) is 3.72. The van der Waals surface area contributed by atoms with E-state index in [0.717, 1.165) is 5.69 Å². The van der Waals surface area contributed by atoms with Crippen LogP contribution in [0.2, 0.25) is 0 Å². The van der Waals surface area contributed by atoms with Crippen LogP contribution in [-0.2, 0) is 7.05 Å². The topological polar surface area (TPSA) is 25.2 Å². The molecule has 0 aliphatic rings. The standard InChI is InChI=1S/C6H9NO/c1-5-3-4-6(8)7(5)2/h3-4,8H,1-2H3. The molecule has 0 saturated carbocycles. The van der Waals surface area contributed by atoms with E-state index < -0.39 is 0 Å². The first-order valence-electron chi connectivity index (χ1n) is 2.53. The highest BCUT2D eigenvalue weighted by Crippen LogP contribution is 2.10. The van der Waals surface area contributed by atoms with Crippen LogP contribution in [0.5, 0.6) is 5.88 Å². The van der Waals surface area contributed by atoms with Gasteiger partial charge in [0.15, 0.2) is 5.88 Å². The van der Waals surface area contributed by atoms with E-state index in [-0.39, 0.29) is 0 Å². The van der Waals surface area contributed by atoms with Crippen LogP contribution in [0.15, 0.2) is 12.1 Å². The molecule has 2 nitrogen and oxygen atoms in total. The minimum absolute atomic E-state index is 0.322. The second-order valence-electron chi connectivity index (χ2n) is 1.89. The Hall–Kier alpha value is -0.920. The number of aromatic hydroxyl groups is 1. The average Bonchev–Trinajstić information content (AvgIpc) is 1.98. The van der Waals surface area contributed by atoms with Gasteiger partial charge in [-0.15, -0.1) is 0 Å². The summed E-state index contributed by atoms with van der Waals surface area (Å²) in [6.07, 6.45) is 0. The molecule has 44 valence electrons. The predicted octanol–water partition coefficient (Wildman–Crippen LogP) is 1.04. The van der Waals surface area contributed by atoms with Crippen LogP contribution in [0.3, 0.4) is 0 Å². The van der Waals surface area contributed by atoms with Crippen molar-refractivity contribution < 1.29 is 5.11 Å². The Morgan fingerprint density at radius 3 is 2.25 bits per heavy atom. The molecule has 0 atom stereocenters. The molecule has 0 amide bonds. The van der Waals surface area contributed by atoms with Crippen molar-refractivity contribution in [2.24, 2.45) is 7.05 Å². The quantitative estimate of drug-likeness (QED) is 0.531. The van der Waals surface area contributed by atoms with Gasteiger partial charge < -0.3 is 9.67 Å². The summed E-state index contributed by atoms with van der Waals surface area (Å²) in [7, 11) is 1.82. The maximum atomic E-state index is 8.90. The van der Waals surface area contributed by atoms with Crippen LogP contribution >= 0.6 is 0 Å². The number of aryl methyl sites for hydroxylation is 1. The summed E-state index contributed by atoms with van der Waals surface area (Å²) in [5.41, 5.74) is 1.07. The van der Waals surface area contributed by atoms with Gasteiger partial charge in [-0.05, 0) is 19.1 Å². The summed E-state index contributed by atoms with van der Waals surface area (Å²) < 4.78 is 1.72. The van der Waals surface area contributed by atoms with E-state index in [1.54, 1.807) is 10.6 Å². The first kappa shape index (κ1) is 5.22. The molecule has 8 heavy (non-hydrogen) atoms. The molecule has 0 saturated heterocycles. The summed E-state index contributed by atoms with van der Waals surface area (Å²) in [5, 5.41) is 8.90. The molecular formula is C6H9NO. The van der Waals surface area contributed by atoms with E-state index in [2.05, 4.69) is 0 Å². The summed E-state index contributed by atoms with van der Waals surface area (Å²) in [6, 6.07) is 3.55. The van der Waals surface area contributed by atoms with Gasteiger partial charge >= 0.3 is 0 Å². The van der Waals surface area contributed by atoms with Gasteiger partial charge in [0.25, 0.3) is 0 Å². The van der Waals surface area contributed by atoms with Gasteiger partial charge in [-0.1, -0.05) is 0 Å². The van der Waals surface area contributed by atoms with Crippen molar-refractivity contribution in [3.63, 3.8) is 0 Å². The summed E-state index contributed by atoms with van der Waals surface area (Å²) in [6.45, 7) is 1.94. The normalized spacial score (nSPS) is 9.75. The summed E-state index contributed by atoms with van der Waals surface area (Å²) in [4.78, 5) is 0. The molecule has 1 heterocycles. The lowest BCUT2D eigenvalue weighted by Gasteiger charge is -1.94. The summed E-state index contributed by atoms with van der Waals surface area (Å²) in [5.74, 6) is 0.322. The van der Waals surface area contributed by atoms with E-state index in [1.165, 1.54) is 0 Å². The molecule has 0 spiro atoms. The van der Waals surface area contributed by atoms with Crippen LogP contribution in [0, 0.1) is 6.92 Å². The zero-order valence-corrected chi connectivity index (χ0v) is 5.05. The Kier molecular flexibility index (Phi) is 1.01. The monoisotopic (exact) mass is 111 g/mol. The molecule has 0 unspecified atom stereocenters. The third-order valence-corrected chi connectivity index (χ3v) is 1.35. The van der Waals surface area contributed by atoms with Gasteiger partial charge in [0, 0.05) is 12.7 Å². The second-order valence-corrected chi connectivity index (χ2v) is 1.89. The number of nitrogens with zero attached hydrogens (tertiary/aromatic N) is 1. The van der Waals surface area contributed by atoms with Gasteiger partial charge in [0.05, 0.1) is 0 Å². The Morgan fingerprint density at radius 1 is 1.50 bits per heavy atom. The van der Waals surface area contributed by atoms with Crippen LogP contribution in [0.25, 0.3) is 0 Å². The molecule has 0 aliphatic heterocycles. The van der Waals surface area contributed by atoms with Crippen molar-refractivity contribution >= 4 is 0 Å². The van der Waals surface area contributed by atoms with Gasteiger partial charge in [-0.25, -0.2) is 0 Å². The number of aromatic nitrogens is 1. The maximum Gasteiger partial charge on any atom is 0.190 e. The molecule has 1 rings (SSSR count). The number of rotatable bonds is 0. The Balaban J connectivity index is 3.19. The highest BCUT2D eigenvalue weighted by atomic mass is 16.3. The summed E-state index contributed by atoms with van der Waals surface area (Å²) >= 11 is 0. The molecule has 0 aliphatic carbocycles. The van der Waals surface area contributed by atoms with E-state index in [0.29, 0.717) is 5.88 Å². The zero-order chi connectivity index (χ0) is 6.15. The molecule has 0 aromatic carbocycles. The zero-order valence-electron chi connectivity index (χ0n) is 5.05. The van der Waals surface area contributed by atoms with Gasteiger partial charge in [0.2, 0.25) is 0 Å². The molecule has 1 aromatic rings. The molecule has 1 aromatic heterocycles. The van der Waals surface area contributed by atoms with Crippen molar-refractivity contribution in [1.82, 2.24) is 4.57 Å². The van der Waals surface area contributed by atoms with Crippen LogP contribution in [0.4, 0.5) is 0 Å². The molecular weight excluding hydrogens is 102 g/mol. The Morgan fingerprint density at radius 2 is 2.12 bits per heavy atom. The Bertz CT molecular complexity index is 171. The van der Waals surface area contributed by atoms with E-state index >= 15 is 0 Å². The third-order valence-electron chi connectivity index (χ3n) is 1.35. The molecule has 2 heteroatoms. The van der Waals surface area contributed by atoms with Crippen LogP contribution in [0.1, 0.15) is 5.69 Å². The van der Waals surface area contributed by atoms with Crippen LogP contribution in [-0.4, -0.2) is 9.67 Å². The average molecular weight is 111 g/mol. The number of hydrogen-bond donors (Lipinski definition) is 1. The lowest BCUT2D eigenvalue weighted by molar-refractivity contribution is 0.430. The second kappa shape index (κ2) is 1.54. The van der Waals surface area contributed by atoms with E-state index in [4.69, 9.17) is 5.11 Å². The lowest BCUT2D eigenvalue weighted by Crippen LogP contribution is -1.87. The smallest absolute Gasteiger partial charge is 0.190 e. The van der Waals surface area contributed by atoms with E-state index in [1.807, 2.05) is 20.0 Å². The highest BCUT2D eigenvalue weighted by molar-refractivity contribution is 5.17. The Labute approximate surface area is 48.4 Å². The van der Waals surface area contributed by atoms with Gasteiger partial charge in [0.1, 0.15) is 0 Å². The molecule has 0 fully saturated rings. The highest BCUT2D eigenvalue weighted by Gasteiger charge is 1.93. The first-order valence-corrected chi connectivity index (χ1v) is 2.53. The van der Waals surface area contributed by atoms with Gasteiger partial charge in [-0.3, -0.25) is 0 Å². The molecule has 1 N–H and O–H groups in total. The minimum atomic E-state index is 0.322. The van der Waals surface area contributed by atoms with E-state index in [9.17, 15) is 0 Å². The van der Waals surface area contributed by atoms with Crippen molar-refractivity contribution in [1.29, 1.82) is 0 Å². The molecule has 0 radical (unpaired) electrons. The van der Waals surface area contributed by atoms with Crippen LogP contribution < -0.4 is 0 Å². The largest absolute Gasteiger partial charge is 0.494 e. The van der Waals surface area contributed by atoms with Crippen molar-refractivity contribution in [2.45, 2.75) is 6.92 Å². The van der Waals surface area contributed by atoms with Crippen molar-refractivity contribution in [3.05, 3.63) is 17.8 Å².